The number of halogens is 2. The van der Waals surface area contributed by atoms with Crippen molar-refractivity contribution in [2.75, 3.05) is 0 Å². The lowest BCUT2D eigenvalue weighted by Crippen LogP contribution is -1.86. The second-order valence-corrected chi connectivity index (χ2v) is 6.27. The molecule has 0 radical (unpaired) electrons. The second kappa shape index (κ2) is 8.23. The number of benzene rings is 2. The van der Waals surface area contributed by atoms with Gasteiger partial charge in [0.05, 0.1) is 6.61 Å². The minimum absolute atomic E-state index is 0.0255. The molecule has 0 amide bonds. The minimum Gasteiger partial charge on any atom is -0.392 e. The van der Waals surface area contributed by atoms with E-state index >= 15 is 0 Å². The van der Waals surface area contributed by atoms with Crippen molar-refractivity contribution in [3.63, 3.8) is 0 Å². The number of aromatic nitrogens is 2. The first kappa shape index (κ1) is 18.3. The van der Waals surface area contributed by atoms with Crippen molar-refractivity contribution in [1.29, 1.82) is 0 Å². The Kier molecular flexibility index (Phi) is 5.78. The Labute approximate surface area is 160 Å². The first-order chi connectivity index (χ1) is 12.6. The predicted molar refractivity (Wildman–Crippen MR) is 105 cm³/mol. The zero-order chi connectivity index (χ0) is 18.5. The molecule has 0 unspecified atom stereocenters. The van der Waals surface area contributed by atoms with Gasteiger partial charge in [-0.15, -0.1) is 0 Å². The highest BCUT2D eigenvalue weighted by Crippen LogP contribution is 2.21. The Morgan fingerprint density at radius 3 is 2.08 bits per heavy atom. The molecule has 0 fully saturated rings. The van der Waals surface area contributed by atoms with Gasteiger partial charge >= 0.3 is 0 Å². The van der Waals surface area contributed by atoms with E-state index in [1.165, 1.54) is 0 Å². The van der Waals surface area contributed by atoms with Crippen LogP contribution < -0.4 is 0 Å². The number of nitrogens with zero attached hydrogens (tertiary/aromatic N) is 2. The topological polar surface area (TPSA) is 63.1 Å². The molecule has 26 heavy (non-hydrogen) atoms. The lowest BCUT2D eigenvalue weighted by atomic mass is 10.1. The number of hydrogen-bond donors (Lipinski definition) is 1. The van der Waals surface area contributed by atoms with Crippen LogP contribution in [0.3, 0.4) is 0 Å². The Morgan fingerprint density at radius 2 is 1.46 bits per heavy atom. The Hall–Kier alpha value is -2.53. The van der Waals surface area contributed by atoms with Crippen LogP contribution in [0, 0.1) is 0 Å². The number of aliphatic hydroxyl groups excluding tert-OH is 1. The molecule has 2 heterocycles. The minimum atomic E-state index is 0.0255. The summed E-state index contributed by atoms with van der Waals surface area (Å²) < 4.78 is 0. The molecule has 0 spiro atoms. The van der Waals surface area contributed by atoms with E-state index in [1.54, 1.807) is 30.6 Å². The van der Waals surface area contributed by atoms with Crippen LogP contribution in [0.5, 0.6) is 0 Å². The highest BCUT2D eigenvalue weighted by Gasteiger charge is 2.01. The molecule has 4 aromatic rings. The van der Waals surface area contributed by atoms with E-state index in [0.717, 1.165) is 33.4 Å². The van der Waals surface area contributed by atoms with E-state index in [0.29, 0.717) is 15.9 Å². The van der Waals surface area contributed by atoms with Crippen LogP contribution in [0.2, 0.25) is 10.3 Å². The monoisotopic (exact) mass is 384 g/mol. The van der Waals surface area contributed by atoms with Crippen molar-refractivity contribution in [2.45, 2.75) is 6.61 Å². The van der Waals surface area contributed by atoms with Crippen molar-refractivity contribution in [3.05, 3.63) is 82.4 Å². The molecule has 4 rings (SSSR count). The van der Waals surface area contributed by atoms with Gasteiger partial charge in [-0.2, -0.15) is 0 Å². The normalized spacial score (nSPS) is 10.4. The molecule has 0 atom stereocenters. The SMILES string of the molecule is O=Cc1cccc2cnc(Cl)cc12.OCc1cccc2cnc(Cl)cc12. The third-order valence-corrected chi connectivity index (χ3v) is 4.30. The number of aldehydes is 1. The van der Waals surface area contributed by atoms with Crippen LogP contribution in [0.4, 0.5) is 0 Å². The van der Waals surface area contributed by atoms with E-state index in [2.05, 4.69) is 9.97 Å². The van der Waals surface area contributed by atoms with E-state index in [1.807, 2.05) is 30.3 Å². The Morgan fingerprint density at radius 1 is 0.885 bits per heavy atom. The molecule has 0 aliphatic rings. The van der Waals surface area contributed by atoms with Gasteiger partial charge in [-0.3, -0.25) is 4.79 Å². The summed E-state index contributed by atoms with van der Waals surface area (Å²) in [7, 11) is 0. The summed E-state index contributed by atoms with van der Waals surface area (Å²) in [5.41, 5.74) is 1.52. The van der Waals surface area contributed by atoms with Crippen molar-refractivity contribution in [2.24, 2.45) is 0 Å². The molecule has 0 saturated carbocycles. The number of pyridine rings is 2. The van der Waals surface area contributed by atoms with Gasteiger partial charge in [0.15, 0.2) is 6.29 Å². The van der Waals surface area contributed by atoms with Gasteiger partial charge in [0, 0.05) is 28.7 Å². The van der Waals surface area contributed by atoms with Gasteiger partial charge in [-0.25, -0.2) is 9.97 Å². The van der Waals surface area contributed by atoms with Crippen molar-refractivity contribution in [1.82, 2.24) is 9.97 Å². The van der Waals surface area contributed by atoms with Crippen LogP contribution in [-0.2, 0) is 6.61 Å². The maximum absolute atomic E-state index is 10.7. The molecular weight excluding hydrogens is 371 g/mol. The summed E-state index contributed by atoms with van der Waals surface area (Å²) in [5, 5.41) is 13.6. The zero-order valence-electron chi connectivity index (χ0n) is 13.6. The molecule has 6 heteroatoms. The smallest absolute Gasteiger partial charge is 0.150 e. The standard InChI is InChI=1S/C10H8ClNO.C10H6ClNO/c2*11-10-4-9-7(5-12-10)2-1-3-8(9)6-13/h1-5,13H,6H2;1-6H. The molecule has 2 aromatic carbocycles. The average Bonchev–Trinajstić information content (AvgIpc) is 2.67. The third kappa shape index (κ3) is 3.99. The lowest BCUT2D eigenvalue weighted by Gasteiger charge is -2.02. The number of carbonyl (C=O) groups excluding carboxylic acids is 1. The third-order valence-electron chi connectivity index (χ3n) is 3.88. The molecule has 130 valence electrons. The van der Waals surface area contributed by atoms with Crippen molar-refractivity contribution >= 4 is 51.0 Å². The quantitative estimate of drug-likeness (QED) is 0.386. The summed E-state index contributed by atoms with van der Waals surface area (Å²) >= 11 is 11.5. The average molecular weight is 385 g/mol. The van der Waals surface area contributed by atoms with Crippen LogP contribution in [0.15, 0.2) is 60.9 Å². The zero-order valence-corrected chi connectivity index (χ0v) is 15.1. The van der Waals surface area contributed by atoms with Crippen molar-refractivity contribution < 1.29 is 9.90 Å². The van der Waals surface area contributed by atoms with Crippen LogP contribution in [-0.4, -0.2) is 21.4 Å². The number of carbonyl (C=O) groups is 1. The Balaban J connectivity index is 0.000000151. The number of aliphatic hydroxyl groups is 1. The summed E-state index contributed by atoms with van der Waals surface area (Å²) in [6.45, 7) is 0.0255. The fourth-order valence-corrected chi connectivity index (χ4v) is 2.93. The second-order valence-electron chi connectivity index (χ2n) is 5.50. The number of rotatable bonds is 2. The Bertz CT molecular complexity index is 1080. The van der Waals surface area contributed by atoms with E-state index in [-0.39, 0.29) is 6.61 Å². The van der Waals surface area contributed by atoms with Gasteiger partial charge in [-0.1, -0.05) is 59.6 Å². The van der Waals surface area contributed by atoms with Crippen LogP contribution in [0.1, 0.15) is 15.9 Å². The highest BCUT2D eigenvalue weighted by molar-refractivity contribution is 6.30. The lowest BCUT2D eigenvalue weighted by molar-refractivity contribution is 0.112. The molecule has 0 aliphatic heterocycles. The van der Waals surface area contributed by atoms with E-state index in [4.69, 9.17) is 28.3 Å². The maximum Gasteiger partial charge on any atom is 0.150 e. The fourth-order valence-electron chi connectivity index (χ4n) is 2.62. The summed E-state index contributed by atoms with van der Waals surface area (Å²) in [4.78, 5) is 18.6. The number of hydrogen-bond acceptors (Lipinski definition) is 4. The van der Waals surface area contributed by atoms with Gasteiger partial charge in [0.25, 0.3) is 0 Å². The first-order valence-corrected chi connectivity index (χ1v) is 8.51. The fraction of sp³-hybridized carbons (Fsp3) is 0.0500. The summed E-state index contributed by atoms with van der Waals surface area (Å²) in [6.07, 6.45) is 4.18. The van der Waals surface area contributed by atoms with E-state index in [9.17, 15) is 4.79 Å². The largest absolute Gasteiger partial charge is 0.392 e. The van der Waals surface area contributed by atoms with Gasteiger partial charge in [-0.05, 0) is 28.5 Å². The molecular formula is C20H14Cl2N2O2. The summed E-state index contributed by atoms with van der Waals surface area (Å²) in [6, 6.07) is 14.6. The molecule has 0 saturated heterocycles. The molecule has 0 bridgehead atoms. The van der Waals surface area contributed by atoms with Gasteiger partial charge < -0.3 is 5.11 Å². The van der Waals surface area contributed by atoms with Gasteiger partial charge in [0.2, 0.25) is 0 Å². The molecule has 0 aliphatic carbocycles. The molecule has 1 N–H and O–H groups in total. The predicted octanol–water partition coefficient (Wildman–Crippen LogP) is 5.08. The maximum atomic E-state index is 10.7. The van der Waals surface area contributed by atoms with Gasteiger partial charge in [0.1, 0.15) is 10.3 Å². The van der Waals surface area contributed by atoms with Crippen LogP contribution >= 0.6 is 23.2 Å². The van der Waals surface area contributed by atoms with Crippen LogP contribution in [0.25, 0.3) is 21.5 Å². The van der Waals surface area contributed by atoms with E-state index < -0.39 is 0 Å². The number of fused-ring (bicyclic) bond motifs is 2. The molecule has 4 nitrogen and oxygen atoms in total. The first-order valence-electron chi connectivity index (χ1n) is 7.76. The summed E-state index contributed by atoms with van der Waals surface area (Å²) in [5.74, 6) is 0. The highest BCUT2D eigenvalue weighted by atomic mass is 35.5. The molecule has 2 aromatic heterocycles. The van der Waals surface area contributed by atoms with Crippen molar-refractivity contribution in [3.8, 4) is 0 Å².